The molecule has 0 radical (unpaired) electrons. The highest BCUT2D eigenvalue weighted by molar-refractivity contribution is 8.72. The lowest BCUT2D eigenvalue weighted by Gasteiger charge is -2.46. The maximum Gasteiger partial charge on any atom is 0.359 e. The second-order valence-electron chi connectivity index (χ2n) is 10.2. The van der Waals surface area contributed by atoms with Gasteiger partial charge in [0.15, 0.2) is 11.8 Å². The second kappa shape index (κ2) is 13.8. The third-order valence-electron chi connectivity index (χ3n) is 7.03. The Labute approximate surface area is 264 Å². The Bertz CT molecular complexity index is 1760. The van der Waals surface area contributed by atoms with E-state index in [2.05, 4.69) is 5.32 Å². The minimum atomic E-state index is -4.08. The molecule has 0 aromatic heterocycles. The molecule has 9 nitrogen and oxygen atoms in total. The first-order valence-corrected chi connectivity index (χ1v) is 16.9. The molecule has 2 unspecified atom stereocenters. The zero-order valence-electron chi connectivity index (χ0n) is 24.1. The number of hydrogen-bond donors (Lipinski definition) is 2. The smallest absolute Gasteiger partial charge is 0.359 e. The molecule has 45 heavy (non-hydrogen) atoms. The fourth-order valence-corrected chi connectivity index (χ4v) is 8.37. The van der Waals surface area contributed by atoms with E-state index in [4.69, 9.17) is 4.74 Å². The van der Waals surface area contributed by atoms with Gasteiger partial charge in [0, 0.05) is 10.8 Å². The van der Waals surface area contributed by atoms with Crippen LogP contribution in [0.25, 0.3) is 0 Å². The molecule has 1 aliphatic rings. The van der Waals surface area contributed by atoms with E-state index in [-0.39, 0.29) is 11.3 Å². The number of benzene rings is 4. The molecule has 0 aliphatic carbocycles. The van der Waals surface area contributed by atoms with Crippen LogP contribution < -0.4 is 5.32 Å². The van der Waals surface area contributed by atoms with E-state index >= 15 is 0 Å². The van der Waals surface area contributed by atoms with E-state index < -0.39 is 55.6 Å². The first kappa shape index (κ1) is 31.6. The molecule has 1 aliphatic heterocycles. The summed E-state index contributed by atoms with van der Waals surface area (Å²) in [5.41, 5.74) is 1.46. The Morgan fingerprint density at radius 1 is 0.844 bits per heavy atom. The fraction of sp³-hybridized carbons (Fsp3) is 0.147. The van der Waals surface area contributed by atoms with E-state index in [1.165, 1.54) is 19.1 Å². The molecular weight excluding hydrogens is 613 g/mol. The summed E-state index contributed by atoms with van der Waals surface area (Å²) in [5.74, 6) is -2.87. The molecule has 4 aromatic carbocycles. The number of nitrogens with zero attached hydrogens (tertiary/aromatic N) is 1. The number of amides is 2. The number of esters is 1. The van der Waals surface area contributed by atoms with Crippen LogP contribution in [0.2, 0.25) is 0 Å². The predicted octanol–water partition coefficient (Wildman–Crippen LogP) is 5.13. The summed E-state index contributed by atoms with van der Waals surface area (Å²) in [4.78, 5) is 41.2. The lowest BCUT2D eigenvalue weighted by Crippen LogP contribution is -2.70. The fourth-order valence-electron chi connectivity index (χ4n) is 4.88. The van der Waals surface area contributed by atoms with Crippen molar-refractivity contribution in [2.45, 2.75) is 35.8 Å². The molecule has 2 N–H and O–H groups in total. The lowest BCUT2D eigenvalue weighted by atomic mass is 10.0. The number of rotatable bonds is 11. The molecule has 1 heterocycles. The van der Waals surface area contributed by atoms with Gasteiger partial charge >= 0.3 is 5.97 Å². The Hall–Kier alpha value is -4.87. The Balaban J connectivity index is 1.46. The van der Waals surface area contributed by atoms with Crippen LogP contribution in [-0.2, 0) is 34.4 Å². The van der Waals surface area contributed by atoms with Gasteiger partial charge in [-0.15, -0.1) is 0 Å². The molecule has 230 valence electrons. The first-order chi connectivity index (χ1) is 21.7. The minimum absolute atomic E-state index is 0.0225. The Morgan fingerprint density at radius 3 is 1.84 bits per heavy atom. The number of carbonyl (C=O) groups excluding carboxylic acids is 3. The van der Waals surface area contributed by atoms with Crippen LogP contribution in [0.3, 0.4) is 0 Å². The SMILES string of the molecule is CC(O)=C(C(=O)OC(c1ccccc1)c1ccccc1)N1C(=O)C(NC(=O)Cc2ccccc2)C1SS(=O)(=O)c1ccccc1. The Morgan fingerprint density at radius 2 is 1.33 bits per heavy atom. The van der Waals surface area contributed by atoms with Gasteiger partial charge in [-0.05, 0) is 35.7 Å². The van der Waals surface area contributed by atoms with E-state index in [1.807, 2.05) is 12.1 Å². The molecule has 0 bridgehead atoms. The highest BCUT2D eigenvalue weighted by atomic mass is 33.1. The maximum atomic E-state index is 13.8. The number of likely N-dealkylation sites (tertiary alicyclic amines) is 1. The number of allylic oxidation sites excluding steroid dienone is 1. The van der Waals surface area contributed by atoms with Gasteiger partial charge in [0.25, 0.3) is 5.91 Å². The van der Waals surface area contributed by atoms with Crippen LogP contribution >= 0.6 is 10.8 Å². The number of ether oxygens (including phenoxy) is 1. The van der Waals surface area contributed by atoms with Crippen LogP contribution in [0.1, 0.15) is 29.7 Å². The van der Waals surface area contributed by atoms with E-state index in [0.29, 0.717) is 27.5 Å². The molecule has 5 rings (SSSR count). The molecule has 2 atom stereocenters. The average molecular weight is 643 g/mol. The average Bonchev–Trinajstić information content (AvgIpc) is 3.05. The summed E-state index contributed by atoms with van der Waals surface area (Å²) in [6.45, 7) is 1.21. The standard InChI is InChI=1S/C34H30N2O7S2/c1-23(37)30(34(40)43-31(25-16-8-3-9-17-25)26-18-10-4-11-19-26)36-32(39)29(35-28(38)22-24-14-6-2-7-15-24)33(36)44-45(41,42)27-20-12-5-13-21-27/h2-21,29,31,33,37H,22H2,1H3,(H,35,38). The van der Waals surface area contributed by atoms with Gasteiger partial charge in [0.2, 0.25) is 14.8 Å². The van der Waals surface area contributed by atoms with Crippen molar-refractivity contribution in [1.82, 2.24) is 10.2 Å². The number of carbonyl (C=O) groups is 3. The summed E-state index contributed by atoms with van der Waals surface area (Å²) in [6.07, 6.45) is -0.946. The van der Waals surface area contributed by atoms with E-state index in [1.54, 1.807) is 97.1 Å². The normalized spacial score (nSPS) is 16.8. The van der Waals surface area contributed by atoms with Gasteiger partial charge in [0.05, 0.1) is 11.3 Å². The quantitative estimate of drug-likeness (QED) is 0.0758. The number of nitrogens with one attached hydrogen (secondary N) is 1. The van der Waals surface area contributed by atoms with Gasteiger partial charge in [-0.25, -0.2) is 13.2 Å². The lowest BCUT2D eigenvalue weighted by molar-refractivity contribution is -0.154. The van der Waals surface area contributed by atoms with Gasteiger partial charge in [-0.2, -0.15) is 0 Å². The van der Waals surface area contributed by atoms with Crippen molar-refractivity contribution in [3.63, 3.8) is 0 Å². The van der Waals surface area contributed by atoms with Crippen LogP contribution in [0.4, 0.5) is 0 Å². The maximum absolute atomic E-state index is 13.8. The van der Waals surface area contributed by atoms with Gasteiger partial charge in [-0.1, -0.05) is 109 Å². The molecule has 4 aromatic rings. The number of aliphatic hydroxyl groups is 1. The third kappa shape index (κ3) is 7.27. The zero-order chi connectivity index (χ0) is 32.0. The summed E-state index contributed by atoms with van der Waals surface area (Å²) in [6, 6.07) is 33.0. The number of β-lactam (4-membered cyclic amide) rings is 1. The number of hydrogen-bond acceptors (Lipinski definition) is 8. The summed E-state index contributed by atoms with van der Waals surface area (Å²) in [7, 11) is -3.69. The van der Waals surface area contributed by atoms with Crippen LogP contribution in [0.5, 0.6) is 0 Å². The summed E-state index contributed by atoms with van der Waals surface area (Å²) >= 11 is 0. The first-order valence-electron chi connectivity index (χ1n) is 14.0. The topological polar surface area (TPSA) is 130 Å². The molecule has 0 saturated carbocycles. The van der Waals surface area contributed by atoms with Gasteiger partial charge in [0.1, 0.15) is 17.2 Å². The molecular formula is C34H30N2O7S2. The minimum Gasteiger partial charge on any atom is -0.510 e. The summed E-state index contributed by atoms with van der Waals surface area (Å²) in [5, 5.41) is 12.1. The van der Waals surface area contributed by atoms with Crippen molar-refractivity contribution in [1.29, 1.82) is 0 Å². The van der Waals surface area contributed by atoms with E-state index in [0.717, 1.165) is 4.90 Å². The van der Waals surface area contributed by atoms with Crippen molar-refractivity contribution < 1.29 is 32.6 Å². The van der Waals surface area contributed by atoms with Crippen LogP contribution in [0, 0.1) is 0 Å². The van der Waals surface area contributed by atoms with Gasteiger partial charge in [-0.3, -0.25) is 14.5 Å². The van der Waals surface area contributed by atoms with Crippen LogP contribution in [-0.4, -0.2) is 47.6 Å². The molecule has 1 fully saturated rings. The molecule has 11 heteroatoms. The molecule has 0 spiro atoms. The van der Waals surface area contributed by atoms with Crippen molar-refractivity contribution in [3.8, 4) is 0 Å². The molecule has 2 amide bonds. The highest BCUT2D eigenvalue weighted by Gasteiger charge is 2.55. The third-order valence-corrected chi connectivity index (χ3v) is 10.7. The highest BCUT2D eigenvalue weighted by Crippen LogP contribution is 2.41. The van der Waals surface area contributed by atoms with E-state index in [9.17, 15) is 27.9 Å². The monoisotopic (exact) mass is 642 g/mol. The zero-order valence-corrected chi connectivity index (χ0v) is 25.8. The van der Waals surface area contributed by atoms with Crippen molar-refractivity contribution in [3.05, 3.63) is 149 Å². The van der Waals surface area contributed by atoms with Crippen molar-refractivity contribution in [2.75, 3.05) is 0 Å². The summed E-state index contributed by atoms with van der Waals surface area (Å²) < 4.78 is 32.8. The molecule has 1 saturated heterocycles. The second-order valence-corrected chi connectivity index (χ2v) is 14.2. The van der Waals surface area contributed by atoms with Gasteiger partial charge < -0.3 is 15.2 Å². The number of aliphatic hydroxyl groups excluding tert-OH is 1. The van der Waals surface area contributed by atoms with Crippen molar-refractivity contribution in [2.24, 2.45) is 0 Å². The largest absolute Gasteiger partial charge is 0.510 e. The predicted molar refractivity (Wildman–Crippen MR) is 170 cm³/mol. The Kier molecular flexibility index (Phi) is 9.70. The van der Waals surface area contributed by atoms with Crippen molar-refractivity contribution >= 4 is 37.4 Å². The van der Waals surface area contributed by atoms with Crippen LogP contribution in [0.15, 0.2) is 138 Å².